The van der Waals surface area contributed by atoms with Gasteiger partial charge in [-0.3, -0.25) is 4.90 Å². The predicted octanol–water partition coefficient (Wildman–Crippen LogP) is 3.24. The molecule has 0 fully saturated rings. The SMILES string of the molecule is CC(C)CN(CC1NCCc2ccccc21)C(C)C. The minimum Gasteiger partial charge on any atom is -0.309 e. The summed E-state index contributed by atoms with van der Waals surface area (Å²) < 4.78 is 0. The second-order valence-corrected chi connectivity index (χ2v) is 6.40. The molecule has 19 heavy (non-hydrogen) atoms. The zero-order chi connectivity index (χ0) is 13.8. The van der Waals surface area contributed by atoms with Crippen LogP contribution in [-0.4, -0.2) is 30.6 Å². The molecular formula is C17H28N2. The van der Waals surface area contributed by atoms with E-state index in [-0.39, 0.29) is 0 Å². The molecule has 0 saturated carbocycles. The van der Waals surface area contributed by atoms with Gasteiger partial charge in [0.2, 0.25) is 0 Å². The van der Waals surface area contributed by atoms with E-state index in [9.17, 15) is 0 Å². The molecule has 1 N–H and O–H groups in total. The van der Waals surface area contributed by atoms with Gasteiger partial charge in [-0.25, -0.2) is 0 Å². The van der Waals surface area contributed by atoms with Gasteiger partial charge in [0.15, 0.2) is 0 Å². The molecule has 0 aromatic heterocycles. The van der Waals surface area contributed by atoms with E-state index in [1.807, 2.05) is 0 Å². The van der Waals surface area contributed by atoms with Crippen molar-refractivity contribution >= 4 is 0 Å². The molecule has 1 aromatic carbocycles. The van der Waals surface area contributed by atoms with E-state index < -0.39 is 0 Å². The molecule has 2 nitrogen and oxygen atoms in total. The van der Waals surface area contributed by atoms with Crippen LogP contribution < -0.4 is 5.32 Å². The van der Waals surface area contributed by atoms with Crippen molar-refractivity contribution in [2.75, 3.05) is 19.6 Å². The maximum Gasteiger partial charge on any atom is 0.0452 e. The number of benzene rings is 1. The molecule has 0 spiro atoms. The van der Waals surface area contributed by atoms with Gasteiger partial charge in [-0.2, -0.15) is 0 Å². The summed E-state index contributed by atoms with van der Waals surface area (Å²) in [6, 6.07) is 10.0. The Bertz CT molecular complexity index is 398. The lowest BCUT2D eigenvalue weighted by Gasteiger charge is -2.35. The van der Waals surface area contributed by atoms with Crippen LogP contribution in [0.4, 0.5) is 0 Å². The number of hydrogen-bond donors (Lipinski definition) is 1. The highest BCUT2D eigenvalue weighted by molar-refractivity contribution is 5.32. The van der Waals surface area contributed by atoms with Crippen molar-refractivity contribution < 1.29 is 0 Å². The minimum atomic E-state index is 0.492. The smallest absolute Gasteiger partial charge is 0.0452 e. The van der Waals surface area contributed by atoms with Crippen molar-refractivity contribution in [2.24, 2.45) is 5.92 Å². The van der Waals surface area contributed by atoms with Crippen LogP contribution in [0.3, 0.4) is 0 Å². The van der Waals surface area contributed by atoms with Crippen molar-refractivity contribution in [3.63, 3.8) is 0 Å². The second-order valence-electron chi connectivity index (χ2n) is 6.40. The molecule has 106 valence electrons. The largest absolute Gasteiger partial charge is 0.309 e. The Balaban J connectivity index is 2.10. The second kappa shape index (κ2) is 6.53. The summed E-state index contributed by atoms with van der Waals surface area (Å²) in [7, 11) is 0. The first-order chi connectivity index (χ1) is 9.08. The van der Waals surface area contributed by atoms with Gasteiger partial charge in [0.05, 0.1) is 0 Å². The fourth-order valence-electron chi connectivity index (χ4n) is 2.96. The average Bonchev–Trinajstić information content (AvgIpc) is 2.37. The van der Waals surface area contributed by atoms with E-state index in [2.05, 4.69) is 62.2 Å². The summed E-state index contributed by atoms with van der Waals surface area (Å²) in [4.78, 5) is 2.60. The number of fused-ring (bicyclic) bond motifs is 1. The summed E-state index contributed by atoms with van der Waals surface area (Å²) in [6.45, 7) is 12.6. The van der Waals surface area contributed by atoms with Gasteiger partial charge in [0.1, 0.15) is 0 Å². The lowest BCUT2D eigenvalue weighted by molar-refractivity contribution is 0.175. The third kappa shape index (κ3) is 3.80. The molecule has 1 heterocycles. The van der Waals surface area contributed by atoms with Crippen LogP contribution in [0.5, 0.6) is 0 Å². The van der Waals surface area contributed by atoms with E-state index in [1.54, 1.807) is 0 Å². The molecule has 1 aliphatic heterocycles. The monoisotopic (exact) mass is 260 g/mol. The third-order valence-corrected chi connectivity index (χ3v) is 3.96. The molecule has 2 rings (SSSR count). The summed E-state index contributed by atoms with van der Waals surface area (Å²) >= 11 is 0. The summed E-state index contributed by atoms with van der Waals surface area (Å²) in [6.07, 6.45) is 1.17. The Morgan fingerprint density at radius 3 is 2.63 bits per heavy atom. The minimum absolute atomic E-state index is 0.492. The molecule has 1 aromatic rings. The van der Waals surface area contributed by atoms with Crippen LogP contribution in [0.25, 0.3) is 0 Å². The first kappa shape index (κ1) is 14.5. The third-order valence-electron chi connectivity index (χ3n) is 3.96. The Hall–Kier alpha value is -0.860. The van der Waals surface area contributed by atoms with Crippen molar-refractivity contribution in [1.29, 1.82) is 0 Å². The first-order valence-corrected chi connectivity index (χ1v) is 7.63. The molecule has 2 heteroatoms. The van der Waals surface area contributed by atoms with E-state index in [4.69, 9.17) is 0 Å². The highest BCUT2D eigenvalue weighted by Crippen LogP contribution is 2.24. The van der Waals surface area contributed by atoms with Crippen LogP contribution >= 0.6 is 0 Å². The molecule has 1 aliphatic rings. The quantitative estimate of drug-likeness (QED) is 0.874. The first-order valence-electron chi connectivity index (χ1n) is 7.63. The van der Waals surface area contributed by atoms with Gasteiger partial charge < -0.3 is 5.32 Å². The summed E-state index contributed by atoms with van der Waals surface area (Å²) in [5.74, 6) is 0.723. The lowest BCUT2D eigenvalue weighted by Crippen LogP contribution is -2.43. The van der Waals surface area contributed by atoms with Gasteiger partial charge in [0.25, 0.3) is 0 Å². The number of nitrogens with one attached hydrogen (secondary N) is 1. The fourth-order valence-corrected chi connectivity index (χ4v) is 2.96. The Labute approximate surface area is 118 Å². The molecule has 0 saturated heterocycles. The Morgan fingerprint density at radius 1 is 1.21 bits per heavy atom. The zero-order valence-corrected chi connectivity index (χ0v) is 12.8. The predicted molar refractivity (Wildman–Crippen MR) is 82.4 cm³/mol. The Morgan fingerprint density at radius 2 is 1.95 bits per heavy atom. The maximum absolute atomic E-state index is 3.69. The molecular weight excluding hydrogens is 232 g/mol. The number of hydrogen-bond acceptors (Lipinski definition) is 2. The molecule has 0 aliphatic carbocycles. The van der Waals surface area contributed by atoms with Gasteiger partial charge in [-0.05, 0) is 43.9 Å². The highest BCUT2D eigenvalue weighted by atomic mass is 15.2. The van der Waals surface area contributed by atoms with Gasteiger partial charge >= 0.3 is 0 Å². The fraction of sp³-hybridized carbons (Fsp3) is 0.647. The van der Waals surface area contributed by atoms with Crippen LogP contribution in [-0.2, 0) is 6.42 Å². The van der Waals surface area contributed by atoms with Crippen LogP contribution in [0, 0.1) is 5.92 Å². The van der Waals surface area contributed by atoms with Gasteiger partial charge in [-0.1, -0.05) is 38.1 Å². The van der Waals surface area contributed by atoms with Gasteiger partial charge in [0, 0.05) is 25.2 Å². The topological polar surface area (TPSA) is 15.3 Å². The summed E-state index contributed by atoms with van der Waals surface area (Å²) in [5.41, 5.74) is 3.03. The van der Waals surface area contributed by atoms with Gasteiger partial charge in [-0.15, -0.1) is 0 Å². The maximum atomic E-state index is 3.69. The van der Waals surface area contributed by atoms with E-state index >= 15 is 0 Å². The van der Waals surface area contributed by atoms with E-state index in [1.165, 1.54) is 24.1 Å². The van der Waals surface area contributed by atoms with Crippen molar-refractivity contribution in [2.45, 2.75) is 46.2 Å². The molecule has 1 atom stereocenters. The van der Waals surface area contributed by atoms with Crippen LogP contribution in [0.15, 0.2) is 24.3 Å². The normalized spacial score (nSPS) is 19.2. The van der Waals surface area contributed by atoms with E-state index in [0.29, 0.717) is 12.1 Å². The molecule has 0 bridgehead atoms. The van der Waals surface area contributed by atoms with Crippen molar-refractivity contribution in [3.8, 4) is 0 Å². The van der Waals surface area contributed by atoms with Crippen LogP contribution in [0.1, 0.15) is 44.9 Å². The molecule has 0 amide bonds. The number of nitrogens with zero attached hydrogens (tertiary/aromatic N) is 1. The zero-order valence-electron chi connectivity index (χ0n) is 12.8. The molecule has 0 radical (unpaired) electrons. The lowest BCUT2D eigenvalue weighted by atomic mass is 9.93. The van der Waals surface area contributed by atoms with Crippen molar-refractivity contribution in [3.05, 3.63) is 35.4 Å². The standard InChI is InChI=1S/C17H28N2/c1-13(2)11-19(14(3)4)12-17-16-8-6-5-7-15(16)9-10-18-17/h5-8,13-14,17-18H,9-12H2,1-4H3. The number of rotatable bonds is 5. The molecule has 1 unspecified atom stereocenters. The van der Waals surface area contributed by atoms with Crippen LogP contribution in [0.2, 0.25) is 0 Å². The average molecular weight is 260 g/mol. The van der Waals surface area contributed by atoms with E-state index in [0.717, 1.165) is 19.0 Å². The summed E-state index contributed by atoms with van der Waals surface area (Å²) in [5, 5.41) is 3.69. The Kier molecular flexibility index (Phi) is 5.00. The van der Waals surface area contributed by atoms with Crippen molar-refractivity contribution in [1.82, 2.24) is 10.2 Å². The highest BCUT2D eigenvalue weighted by Gasteiger charge is 2.23.